The highest BCUT2D eigenvalue weighted by molar-refractivity contribution is 7.46. The number of aromatic hydroxyl groups is 2. The Balaban J connectivity index is 1.98. The number of phosphoric ester groups is 1. The van der Waals surface area contributed by atoms with E-state index in [0.29, 0.717) is 11.1 Å². The number of carboxylic acids is 1. The van der Waals surface area contributed by atoms with Crippen LogP contribution in [-0.4, -0.2) is 49.1 Å². The molecule has 162 valence electrons. The highest BCUT2D eigenvalue weighted by atomic mass is 31.2. The molecule has 0 aliphatic carbocycles. The lowest BCUT2D eigenvalue weighted by Crippen LogP contribution is -2.50. The summed E-state index contributed by atoms with van der Waals surface area (Å²) in [7, 11) is -4.68. The van der Waals surface area contributed by atoms with Crippen LogP contribution in [0.4, 0.5) is 0 Å². The number of carbonyl (C=O) groups excluding carboxylic acids is 1. The van der Waals surface area contributed by atoms with E-state index in [1.165, 1.54) is 42.5 Å². The van der Waals surface area contributed by atoms with Crippen molar-refractivity contribution >= 4 is 19.7 Å². The lowest BCUT2D eigenvalue weighted by molar-refractivity contribution is -0.142. The number of nitrogens with one attached hydrogen (secondary N) is 1. The number of benzene rings is 2. The van der Waals surface area contributed by atoms with Gasteiger partial charge in [-0.15, -0.1) is 0 Å². The zero-order valence-electron chi connectivity index (χ0n) is 15.5. The van der Waals surface area contributed by atoms with Gasteiger partial charge in [0.15, 0.2) is 11.5 Å². The van der Waals surface area contributed by atoms with Crippen LogP contribution in [0.5, 0.6) is 17.2 Å². The molecule has 0 aliphatic rings. The summed E-state index contributed by atoms with van der Waals surface area (Å²) in [5.74, 6) is -2.85. The number of phosphoric acid groups is 1. The Labute approximate surface area is 171 Å². The van der Waals surface area contributed by atoms with Crippen molar-refractivity contribution in [2.75, 3.05) is 0 Å². The first-order valence-corrected chi connectivity index (χ1v) is 10.1. The lowest BCUT2D eigenvalue weighted by atomic mass is 10.0. The van der Waals surface area contributed by atoms with Crippen molar-refractivity contribution in [2.45, 2.75) is 24.9 Å². The van der Waals surface area contributed by atoms with Gasteiger partial charge in [-0.1, -0.05) is 18.2 Å². The summed E-state index contributed by atoms with van der Waals surface area (Å²) < 4.78 is 15.2. The summed E-state index contributed by atoms with van der Waals surface area (Å²) in [6.45, 7) is 0. The van der Waals surface area contributed by atoms with Gasteiger partial charge in [-0.3, -0.25) is 14.6 Å². The Morgan fingerprint density at radius 3 is 2.13 bits per heavy atom. The third-order valence-corrected chi connectivity index (χ3v) is 4.48. The molecule has 0 radical (unpaired) electrons. The van der Waals surface area contributed by atoms with Gasteiger partial charge < -0.3 is 30.9 Å². The molecule has 0 aliphatic heterocycles. The number of carbonyl (C=O) groups is 2. The summed E-state index contributed by atoms with van der Waals surface area (Å²) in [4.78, 5) is 41.3. The van der Waals surface area contributed by atoms with Crippen LogP contribution in [0.25, 0.3) is 0 Å². The van der Waals surface area contributed by atoms with Gasteiger partial charge in [-0.05, 0) is 41.8 Å². The quantitative estimate of drug-likeness (QED) is 0.209. The maximum Gasteiger partial charge on any atom is 0.524 e. The molecule has 30 heavy (non-hydrogen) atoms. The van der Waals surface area contributed by atoms with Crippen molar-refractivity contribution < 1.29 is 43.8 Å². The number of rotatable bonds is 9. The predicted octanol–water partition coefficient (Wildman–Crippen LogP) is 0.251. The molecule has 2 aromatic carbocycles. The average molecular weight is 440 g/mol. The van der Waals surface area contributed by atoms with Gasteiger partial charge in [-0.25, -0.2) is 9.36 Å². The van der Waals surface area contributed by atoms with Crippen LogP contribution in [0.1, 0.15) is 11.1 Å². The number of carboxylic acid groups (broad SMARTS) is 1. The predicted molar refractivity (Wildman–Crippen MR) is 104 cm³/mol. The topological polar surface area (TPSA) is 200 Å². The second kappa shape index (κ2) is 9.59. The van der Waals surface area contributed by atoms with Gasteiger partial charge in [0, 0.05) is 6.42 Å². The van der Waals surface area contributed by atoms with Gasteiger partial charge in [-0.2, -0.15) is 0 Å². The Morgan fingerprint density at radius 2 is 1.60 bits per heavy atom. The van der Waals surface area contributed by atoms with Crippen LogP contribution in [0.15, 0.2) is 42.5 Å². The van der Waals surface area contributed by atoms with Crippen molar-refractivity contribution in [3.05, 3.63) is 53.6 Å². The van der Waals surface area contributed by atoms with Crippen molar-refractivity contribution in [3.8, 4) is 17.2 Å². The number of hydrogen-bond acceptors (Lipinski definition) is 7. The van der Waals surface area contributed by atoms with Crippen LogP contribution < -0.4 is 15.6 Å². The molecule has 8 N–H and O–H groups in total. The SMILES string of the molecule is N[C@@H](Cc1ccc(OP(=O)(O)O)cc1)C(=O)N[C@@H](Cc1ccc(O)c(O)c1)C(=O)O. The van der Waals surface area contributed by atoms with E-state index in [2.05, 4.69) is 9.84 Å². The minimum Gasteiger partial charge on any atom is -0.504 e. The molecule has 0 unspecified atom stereocenters. The van der Waals surface area contributed by atoms with Crippen molar-refractivity contribution in [1.82, 2.24) is 5.32 Å². The molecule has 1 amide bonds. The Morgan fingerprint density at radius 1 is 1.00 bits per heavy atom. The number of aliphatic carboxylic acids is 1. The minimum absolute atomic E-state index is 0.0361. The molecule has 0 bridgehead atoms. The van der Waals surface area contributed by atoms with Crippen LogP contribution >= 0.6 is 7.82 Å². The van der Waals surface area contributed by atoms with E-state index >= 15 is 0 Å². The normalized spacial score (nSPS) is 13.3. The standard InChI is InChI=1S/C18H21N2O9P/c19-13(7-10-1-4-12(5-2-10)29-30(26,27)28)17(23)20-14(18(24)25)8-11-3-6-15(21)16(22)9-11/h1-6,9,13-14,21-22H,7-8,19H2,(H,20,23)(H,24,25)(H2,26,27,28)/t13-,14-/m0/s1. The van der Waals surface area contributed by atoms with Crippen LogP contribution in [0.2, 0.25) is 0 Å². The highest BCUT2D eigenvalue weighted by Crippen LogP contribution is 2.37. The fourth-order valence-corrected chi connectivity index (χ4v) is 2.98. The molecule has 12 heteroatoms. The Kier molecular flexibility index (Phi) is 7.41. The smallest absolute Gasteiger partial charge is 0.504 e. The average Bonchev–Trinajstić information content (AvgIpc) is 2.64. The largest absolute Gasteiger partial charge is 0.524 e. The third-order valence-electron chi connectivity index (χ3n) is 4.03. The maximum atomic E-state index is 12.3. The van der Waals surface area contributed by atoms with E-state index in [0.717, 1.165) is 0 Å². The molecule has 2 atom stereocenters. The van der Waals surface area contributed by atoms with Gasteiger partial charge in [0.1, 0.15) is 11.8 Å². The molecule has 0 spiro atoms. The molecule has 0 fully saturated rings. The zero-order chi connectivity index (χ0) is 22.5. The van der Waals surface area contributed by atoms with Gasteiger partial charge in [0.25, 0.3) is 0 Å². The molecule has 2 rings (SSSR count). The summed E-state index contributed by atoms with van der Waals surface area (Å²) >= 11 is 0. The monoisotopic (exact) mass is 440 g/mol. The molecule has 0 heterocycles. The highest BCUT2D eigenvalue weighted by Gasteiger charge is 2.24. The molecule has 2 aromatic rings. The fourth-order valence-electron chi connectivity index (χ4n) is 2.58. The Bertz CT molecular complexity index is 959. The molecular weight excluding hydrogens is 419 g/mol. The summed E-state index contributed by atoms with van der Waals surface area (Å²) in [6, 6.07) is 6.94. The zero-order valence-corrected chi connectivity index (χ0v) is 16.4. The molecule has 0 saturated carbocycles. The second-order valence-electron chi connectivity index (χ2n) is 6.46. The van der Waals surface area contributed by atoms with Gasteiger partial charge in [0.2, 0.25) is 5.91 Å². The first-order chi connectivity index (χ1) is 13.9. The van der Waals surface area contributed by atoms with Crippen LogP contribution in [0.3, 0.4) is 0 Å². The number of nitrogens with two attached hydrogens (primary N) is 1. The molecule has 11 nitrogen and oxygen atoms in total. The van der Waals surface area contributed by atoms with E-state index in [1.807, 2.05) is 0 Å². The number of phenolic OH excluding ortho intramolecular Hbond substituents is 2. The molecular formula is C18H21N2O9P. The minimum atomic E-state index is -4.68. The Hall–Kier alpha value is -3.11. The van der Waals surface area contributed by atoms with Gasteiger partial charge in [0.05, 0.1) is 6.04 Å². The maximum absolute atomic E-state index is 12.3. The summed E-state index contributed by atoms with van der Waals surface area (Å²) in [6.07, 6.45) is -0.107. The molecule has 0 aromatic heterocycles. The first-order valence-electron chi connectivity index (χ1n) is 8.58. The summed E-state index contributed by atoms with van der Waals surface area (Å²) in [5.41, 5.74) is 6.78. The van der Waals surface area contributed by atoms with E-state index in [9.17, 15) is 29.5 Å². The number of phenols is 2. The lowest BCUT2D eigenvalue weighted by Gasteiger charge is -2.18. The first kappa shape index (κ1) is 23.2. The fraction of sp³-hybridized carbons (Fsp3) is 0.222. The van der Waals surface area contributed by atoms with Crippen LogP contribution in [-0.2, 0) is 27.0 Å². The van der Waals surface area contributed by atoms with Crippen molar-refractivity contribution in [1.29, 1.82) is 0 Å². The van der Waals surface area contributed by atoms with E-state index in [1.54, 1.807) is 0 Å². The summed E-state index contributed by atoms with van der Waals surface area (Å²) in [5, 5.41) is 30.5. The number of amides is 1. The van der Waals surface area contributed by atoms with Crippen molar-refractivity contribution in [3.63, 3.8) is 0 Å². The third kappa shape index (κ3) is 7.05. The number of hydrogen-bond donors (Lipinski definition) is 7. The second-order valence-corrected chi connectivity index (χ2v) is 7.63. The molecule has 0 saturated heterocycles. The van der Waals surface area contributed by atoms with Crippen LogP contribution in [0, 0.1) is 0 Å². The van der Waals surface area contributed by atoms with Gasteiger partial charge >= 0.3 is 13.8 Å². The van der Waals surface area contributed by atoms with E-state index < -0.39 is 37.5 Å². The van der Waals surface area contributed by atoms with E-state index in [-0.39, 0.29) is 24.3 Å². The van der Waals surface area contributed by atoms with E-state index in [4.69, 9.17) is 15.5 Å². The van der Waals surface area contributed by atoms with Crippen molar-refractivity contribution in [2.24, 2.45) is 5.73 Å².